The zero-order valence-corrected chi connectivity index (χ0v) is 17.0. The maximum Gasteiger partial charge on any atom is 0.327 e. The van der Waals surface area contributed by atoms with E-state index < -0.39 is 18.1 Å². The lowest BCUT2D eigenvalue weighted by Gasteiger charge is -2.36. The minimum absolute atomic E-state index is 0.107. The topological polar surface area (TPSA) is 91.1 Å². The second-order valence-electron chi connectivity index (χ2n) is 7.22. The van der Waals surface area contributed by atoms with E-state index in [1.54, 1.807) is 17.7 Å². The van der Waals surface area contributed by atoms with Crippen molar-refractivity contribution in [3.05, 3.63) is 71.7 Å². The summed E-state index contributed by atoms with van der Waals surface area (Å²) in [5, 5.41) is 20.2. The van der Waals surface area contributed by atoms with E-state index in [0.29, 0.717) is 18.7 Å². The highest BCUT2D eigenvalue weighted by atomic mass is 19.1. The van der Waals surface area contributed by atoms with Gasteiger partial charge in [-0.3, -0.25) is 14.4 Å². The van der Waals surface area contributed by atoms with E-state index in [1.165, 1.54) is 28.0 Å². The lowest BCUT2D eigenvalue weighted by atomic mass is 10.2. The molecule has 1 aliphatic heterocycles. The predicted molar refractivity (Wildman–Crippen MR) is 111 cm³/mol. The molecule has 0 saturated carbocycles. The Hall–Kier alpha value is -3.43. The van der Waals surface area contributed by atoms with Gasteiger partial charge in [0.25, 0.3) is 0 Å². The fourth-order valence-electron chi connectivity index (χ4n) is 3.56. The molecule has 0 spiro atoms. The number of amides is 2. The zero-order valence-electron chi connectivity index (χ0n) is 17.0. The van der Waals surface area contributed by atoms with Gasteiger partial charge in [-0.05, 0) is 24.1 Å². The van der Waals surface area contributed by atoms with Crippen LogP contribution >= 0.6 is 0 Å². The van der Waals surface area contributed by atoms with Crippen molar-refractivity contribution in [2.24, 2.45) is 0 Å². The van der Waals surface area contributed by atoms with Crippen molar-refractivity contribution >= 4 is 11.8 Å². The predicted octanol–water partition coefficient (Wildman–Crippen LogP) is 3.11. The van der Waals surface area contributed by atoms with E-state index in [2.05, 4.69) is 4.98 Å². The summed E-state index contributed by atoms with van der Waals surface area (Å²) in [6.45, 7) is 0.391. The number of benzene rings is 2. The summed E-state index contributed by atoms with van der Waals surface area (Å²) in [6.07, 6.45) is -0.947. The molecule has 0 fully saturated rings. The number of aliphatic hydroxyl groups is 2. The zero-order chi connectivity index (χ0) is 22.0. The van der Waals surface area contributed by atoms with Crippen molar-refractivity contribution in [3.63, 3.8) is 0 Å². The highest BCUT2D eigenvalue weighted by Crippen LogP contribution is 2.38. The number of halogens is 1. The van der Waals surface area contributed by atoms with Crippen LogP contribution in [0, 0.1) is 5.82 Å². The van der Waals surface area contributed by atoms with Crippen LogP contribution in [0.1, 0.15) is 23.9 Å². The van der Waals surface area contributed by atoms with Crippen LogP contribution in [0.2, 0.25) is 0 Å². The average Bonchev–Trinajstić information content (AvgIpc) is 3.11. The number of hydrogen-bond acceptors (Lipinski definition) is 5. The van der Waals surface area contributed by atoms with Crippen LogP contribution in [0.5, 0.6) is 11.8 Å². The Morgan fingerprint density at radius 1 is 1.16 bits per heavy atom. The van der Waals surface area contributed by atoms with Crippen molar-refractivity contribution in [1.29, 1.82) is 0 Å². The molecule has 31 heavy (non-hydrogen) atoms. The number of rotatable bonds is 7. The van der Waals surface area contributed by atoms with E-state index >= 15 is 0 Å². The SMILES string of the molecule is CN1C(=O)N(CCCO)C(O)c2c1nc(Oc1cccc(F)c1)n2Cc1ccccc1. The minimum Gasteiger partial charge on any atom is -0.425 e. The van der Waals surface area contributed by atoms with E-state index in [-0.39, 0.29) is 30.7 Å². The number of carbonyl (C=O) groups is 1. The molecule has 9 heteroatoms. The monoisotopic (exact) mass is 426 g/mol. The van der Waals surface area contributed by atoms with Crippen molar-refractivity contribution in [3.8, 4) is 11.8 Å². The van der Waals surface area contributed by atoms with E-state index in [1.807, 2.05) is 30.3 Å². The van der Waals surface area contributed by atoms with E-state index in [4.69, 9.17) is 9.84 Å². The number of ether oxygens (including phenoxy) is 1. The van der Waals surface area contributed by atoms with Crippen LogP contribution in [-0.4, -0.2) is 50.9 Å². The third-order valence-corrected chi connectivity index (χ3v) is 5.09. The highest BCUT2D eigenvalue weighted by Gasteiger charge is 2.40. The molecule has 1 unspecified atom stereocenters. The van der Waals surface area contributed by atoms with E-state index in [0.717, 1.165) is 5.56 Å². The molecule has 0 radical (unpaired) electrons. The maximum absolute atomic E-state index is 13.7. The quantitative estimate of drug-likeness (QED) is 0.606. The largest absolute Gasteiger partial charge is 0.425 e. The molecule has 0 saturated heterocycles. The lowest BCUT2D eigenvalue weighted by Crippen LogP contribution is -2.49. The van der Waals surface area contributed by atoms with Gasteiger partial charge < -0.3 is 14.9 Å². The fraction of sp³-hybridized carbons (Fsp3) is 0.273. The Labute approximate surface area is 178 Å². The molecule has 2 N–H and O–H groups in total. The van der Waals surface area contributed by atoms with Gasteiger partial charge in [-0.2, -0.15) is 4.98 Å². The number of hydrogen-bond donors (Lipinski definition) is 2. The Morgan fingerprint density at radius 2 is 1.94 bits per heavy atom. The van der Waals surface area contributed by atoms with Gasteiger partial charge in [0, 0.05) is 26.3 Å². The molecule has 8 nitrogen and oxygen atoms in total. The first kappa shape index (κ1) is 20.8. The van der Waals surface area contributed by atoms with Crippen LogP contribution in [0.15, 0.2) is 54.6 Å². The third-order valence-electron chi connectivity index (χ3n) is 5.09. The second kappa shape index (κ2) is 8.75. The number of nitrogens with zero attached hydrogens (tertiary/aromatic N) is 4. The first-order valence-electron chi connectivity index (χ1n) is 9.90. The number of anilines is 1. The van der Waals surface area contributed by atoms with Crippen LogP contribution < -0.4 is 9.64 Å². The van der Waals surface area contributed by atoms with E-state index in [9.17, 15) is 14.3 Å². The summed E-state index contributed by atoms with van der Waals surface area (Å²) >= 11 is 0. The van der Waals surface area contributed by atoms with Crippen molar-refractivity contribution < 1.29 is 24.1 Å². The molecule has 0 bridgehead atoms. The molecule has 4 rings (SSSR count). The second-order valence-corrected chi connectivity index (χ2v) is 7.22. The number of carbonyl (C=O) groups excluding carboxylic acids is 1. The fourth-order valence-corrected chi connectivity index (χ4v) is 3.56. The molecule has 0 aliphatic carbocycles. The van der Waals surface area contributed by atoms with Gasteiger partial charge in [-0.25, -0.2) is 9.18 Å². The molecule has 162 valence electrons. The number of imidazole rings is 1. The summed E-state index contributed by atoms with van der Waals surface area (Å²) in [4.78, 5) is 19.8. The summed E-state index contributed by atoms with van der Waals surface area (Å²) < 4.78 is 21.2. The standard InChI is InChI=1S/C22H23FN4O4/c1-25-19-18(20(29)26(22(25)30)11-6-12-28)27(14-15-7-3-2-4-8-15)21(24-19)31-17-10-5-9-16(23)13-17/h2-5,7-10,13,20,28-29H,6,11-12,14H2,1H3. The number of aromatic nitrogens is 2. The Balaban J connectivity index is 1.80. The van der Waals surface area contributed by atoms with Crippen LogP contribution in [-0.2, 0) is 6.54 Å². The highest BCUT2D eigenvalue weighted by molar-refractivity contribution is 5.93. The number of fused-ring (bicyclic) bond motifs is 1. The van der Waals surface area contributed by atoms with Crippen LogP contribution in [0.3, 0.4) is 0 Å². The molecule has 1 atom stereocenters. The summed E-state index contributed by atoms with van der Waals surface area (Å²) in [6, 6.07) is 14.9. The molecule has 2 heterocycles. The van der Waals surface area contributed by atoms with Crippen LogP contribution in [0.25, 0.3) is 0 Å². The smallest absolute Gasteiger partial charge is 0.327 e. The van der Waals surface area contributed by atoms with Gasteiger partial charge in [0.15, 0.2) is 12.0 Å². The Bertz CT molecular complexity index is 1070. The molecular weight excluding hydrogens is 403 g/mol. The van der Waals surface area contributed by atoms with Gasteiger partial charge in [0.05, 0.1) is 6.54 Å². The molecule has 1 aromatic heterocycles. The van der Waals surface area contributed by atoms with Gasteiger partial charge in [0.1, 0.15) is 17.3 Å². The average molecular weight is 426 g/mol. The van der Waals surface area contributed by atoms with Crippen molar-refractivity contribution in [2.75, 3.05) is 25.1 Å². The normalized spacial score (nSPS) is 15.9. The van der Waals surface area contributed by atoms with Gasteiger partial charge in [-0.15, -0.1) is 0 Å². The lowest BCUT2D eigenvalue weighted by molar-refractivity contribution is 0.0189. The molecule has 2 aromatic carbocycles. The maximum atomic E-state index is 13.7. The molecule has 1 aliphatic rings. The summed E-state index contributed by atoms with van der Waals surface area (Å²) in [7, 11) is 1.56. The number of aliphatic hydroxyl groups excluding tert-OH is 2. The molecular formula is C22H23FN4O4. The third kappa shape index (κ3) is 4.10. The molecule has 2 amide bonds. The Morgan fingerprint density at radius 3 is 2.65 bits per heavy atom. The Kier molecular flexibility index (Phi) is 5.88. The van der Waals surface area contributed by atoms with Crippen molar-refractivity contribution in [1.82, 2.24) is 14.5 Å². The van der Waals surface area contributed by atoms with Crippen LogP contribution in [0.4, 0.5) is 15.0 Å². The van der Waals surface area contributed by atoms with Crippen molar-refractivity contribution in [2.45, 2.75) is 19.2 Å². The first-order valence-corrected chi connectivity index (χ1v) is 9.90. The number of urea groups is 1. The van der Waals surface area contributed by atoms with Gasteiger partial charge in [-0.1, -0.05) is 36.4 Å². The van der Waals surface area contributed by atoms with Gasteiger partial charge in [0.2, 0.25) is 0 Å². The summed E-state index contributed by atoms with van der Waals surface area (Å²) in [5.41, 5.74) is 1.32. The van der Waals surface area contributed by atoms with Gasteiger partial charge >= 0.3 is 12.0 Å². The molecule has 3 aromatic rings. The first-order chi connectivity index (χ1) is 15.0. The minimum atomic E-state index is -1.27. The summed E-state index contributed by atoms with van der Waals surface area (Å²) in [5.74, 6) is 0.0586.